The molecule has 0 aliphatic carbocycles. The van der Waals surface area contributed by atoms with Gasteiger partial charge in [-0.1, -0.05) is 101 Å². The zero-order valence-electron chi connectivity index (χ0n) is 25.7. The van der Waals surface area contributed by atoms with E-state index in [9.17, 15) is 4.79 Å². The molecule has 0 radical (unpaired) electrons. The first-order valence-corrected chi connectivity index (χ1v) is 16.2. The molecule has 1 aromatic heterocycles. The van der Waals surface area contributed by atoms with Crippen LogP contribution in [0.25, 0.3) is 0 Å². The third-order valence-corrected chi connectivity index (χ3v) is 7.91. The molecule has 42 heavy (non-hydrogen) atoms. The number of rotatable bonds is 21. The molecule has 1 N–H and O–H groups in total. The molecule has 0 bridgehead atoms. The lowest BCUT2D eigenvalue weighted by Crippen LogP contribution is -3.00. The minimum absolute atomic E-state index is 0. The van der Waals surface area contributed by atoms with Gasteiger partial charge in [-0.05, 0) is 37.6 Å². The second-order valence-electron chi connectivity index (χ2n) is 10.7. The second kappa shape index (κ2) is 21.2. The van der Waals surface area contributed by atoms with Crippen LogP contribution >= 0.6 is 11.3 Å². The van der Waals surface area contributed by atoms with E-state index in [-0.39, 0.29) is 29.5 Å². The summed E-state index contributed by atoms with van der Waals surface area (Å²) in [7, 11) is 1.63. The van der Waals surface area contributed by atoms with Crippen LogP contribution in [0.1, 0.15) is 94.4 Å². The average Bonchev–Trinajstić information content (AvgIpc) is 3.38. The number of aryl methyl sites for hydroxylation is 1. The molecule has 0 aliphatic heterocycles. The van der Waals surface area contributed by atoms with Crippen LogP contribution in [-0.2, 0) is 11.3 Å². The number of methoxy groups -OCH3 is 1. The van der Waals surface area contributed by atoms with Crippen molar-refractivity contribution in [1.29, 1.82) is 0 Å². The van der Waals surface area contributed by atoms with Crippen LogP contribution in [0.2, 0.25) is 0 Å². The van der Waals surface area contributed by atoms with E-state index >= 15 is 0 Å². The fraction of sp³-hybridized carbons (Fsp3) is 0.529. The molecule has 0 saturated heterocycles. The van der Waals surface area contributed by atoms with E-state index in [4.69, 9.17) is 14.2 Å². The molecule has 0 aliphatic rings. The fourth-order valence-electron chi connectivity index (χ4n) is 4.82. The number of ether oxygens (including phenoxy) is 3. The first-order chi connectivity index (χ1) is 20.1. The van der Waals surface area contributed by atoms with Crippen molar-refractivity contribution in [3.05, 3.63) is 64.6 Å². The van der Waals surface area contributed by atoms with Crippen molar-refractivity contribution in [3.8, 4) is 17.2 Å². The van der Waals surface area contributed by atoms with Gasteiger partial charge in [0.15, 0.2) is 30.8 Å². The predicted molar refractivity (Wildman–Crippen MR) is 168 cm³/mol. The monoisotopic (exact) mass is 660 g/mol. The number of halogens is 1. The third kappa shape index (κ3) is 14.1. The van der Waals surface area contributed by atoms with Gasteiger partial charge < -0.3 is 36.5 Å². The molecular formula is C34H49BrN2O4S. The minimum atomic E-state index is -0.212. The number of amides is 1. The van der Waals surface area contributed by atoms with Crippen LogP contribution in [0.4, 0.5) is 5.69 Å². The first-order valence-electron chi connectivity index (χ1n) is 15.3. The number of unbranched alkanes of at least 4 members (excludes halogenated alkanes) is 11. The Balaban J connectivity index is 0.00000616. The van der Waals surface area contributed by atoms with Crippen molar-refractivity contribution in [2.75, 3.05) is 25.6 Å². The largest absolute Gasteiger partial charge is 1.00 e. The van der Waals surface area contributed by atoms with Crippen LogP contribution in [0, 0.1) is 6.92 Å². The van der Waals surface area contributed by atoms with Gasteiger partial charge in [-0.3, -0.25) is 4.79 Å². The number of aromatic nitrogens is 1. The van der Waals surface area contributed by atoms with Crippen LogP contribution in [0.5, 0.6) is 17.2 Å². The second-order valence-corrected chi connectivity index (χ2v) is 11.8. The highest BCUT2D eigenvalue weighted by Crippen LogP contribution is 2.31. The van der Waals surface area contributed by atoms with Crippen LogP contribution in [0.3, 0.4) is 0 Å². The summed E-state index contributed by atoms with van der Waals surface area (Å²) in [5, 5.41) is 2.93. The highest BCUT2D eigenvalue weighted by atomic mass is 79.9. The minimum Gasteiger partial charge on any atom is -1.00 e. The molecule has 0 unspecified atom stereocenters. The summed E-state index contributed by atoms with van der Waals surface area (Å²) in [4.78, 5) is 13.8. The molecule has 2 aromatic carbocycles. The van der Waals surface area contributed by atoms with E-state index < -0.39 is 0 Å². The summed E-state index contributed by atoms with van der Waals surface area (Å²) in [6.45, 7) is 5.67. The van der Waals surface area contributed by atoms with Gasteiger partial charge in [0, 0.05) is 17.3 Å². The summed E-state index contributed by atoms with van der Waals surface area (Å²) in [5.41, 5.74) is 3.97. The zero-order chi connectivity index (χ0) is 29.1. The van der Waals surface area contributed by atoms with E-state index in [0.717, 1.165) is 24.2 Å². The average molecular weight is 662 g/mol. The van der Waals surface area contributed by atoms with E-state index in [1.54, 1.807) is 30.6 Å². The smallest absolute Gasteiger partial charge is 0.262 e. The molecular weight excluding hydrogens is 612 g/mol. The van der Waals surface area contributed by atoms with E-state index in [2.05, 4.69) is 41.5 Å². The Bertz CT molecular complexity index is 1170. The SMILES string of the molecule is CCCCCCCCCCCCCCOc1cc(OCC(=O)Nc2cccc(C[n+]3csc(C)c3)c2)ccc1OC.[Br-]. The summed E-state index contributed by atoms with van der Waals surface area (Å²) < 4.78 is 19.4. The number of nitrogens with zero attached hydrogens (tertiary/aromatic N) is 1. The van der Waals surface area contributed by atoms with Crippen molar-refractivity contribution in [2.45, 2.75) is 97.4 Å². The number of benzene rings is 2. The topological polar surface area (TPSA) is 60.7 Å². The Morgan fingerprint density at radius 2 is 1.55 bits per heavy atom. The number of carbonyl (C=O) groups excluding carboxylic acids is 1. The maximum Gasteiger partial charge on any atom is 0.262 e. The summed E-state index contributed by atoms with van der Waals surface area (Å²) in [6, 6.07) is 13.3. The number of carbonyl (C=O) groups is 1. The molecule has 6 nitrogen and oxygen atoms in total. The Morgan fingerprint density at radius 3 is 2.19 bits per heavy atom. The fourth-order valence-corrected chi connectivity index (χ4v) is 5.45. The molecule has 8 heteroatoms. The number of nitrogens with one attached hydrogen (secondary N) is 1. The molecule has 1 heterocycles. The van der Waals surface area contributed by atoms with Crippen molar-refractivity contribution >= 4 is 22.9 Å². The molecule has 232 valence electrons. The van der Waals surface area contributed by atoms with Crippen LogP contribution in [0.15, 0.2) is 54.2 Å². The Kier molecular flexibility index (Phi) is 17.9. The predicted octanol–water partition coefficient (Wildman–Crippen LogP) is 5.50. The summed E-state index contributed by atoms with van der Waals surface area (Å²) in [6.07, 6.45) is 17.9. The van der Waals surface area contributed by atoms with Crippen molar-refractivity contribution in [3.63, 3.8) is 0 Å². The third-order valence-electron chi connectivity index (χ3n) is 7.06. The molecule has 0 spiro atoms. The number of thiazole rings is 1. The van der Waals surface area contributed by atoms with Gasteiger partial charge in [0.2, 0.25) is 5.51 Å². The Morgan fingerprint density at radius 1 is 0.857 bits per heavy atom. The summed E-state index contributed by atoms with van der Waals surface area (Å²) >= 11 is 1.72. The lowest BCUT2D eigenvalue weighted by atomic mass is 10.1. The molecule has 0 saturated carbocycles. The zero-order valence-corrected chi connectivity index (χ0v) is 28.1. The van der Waals surface area contributed by atoms with Gasteiger partial charge in [0.05, 0.1) is 18.6 Å². The standard InChI is InChI=1S/C34H48N2O4S.BrH/c1-4-5-6-7-8-9-10-11-12-13-14-15-21-39-33-23-31(19-20-32(33)38-3)40-26-34(37)35-30-18-16-17-29(22-30)25-36-24-28(2)41-27-36;/h16-20,22-24,27H,4-15,21,25-26H2,1-3H3;1H. The van der Waals surface area contributed by atoms with Crippen LogP contribution in [-0.4, -0.2) is 26.2 Å². The van der Waals surface area contributed by atoms with E-state index in [0.29, 0.717) is 23.9 Å². The lowest BCUT2D eigenvalue weighted by Gasteiger charge is -2.13. The summed E-state index contributed by atoms with van der Waals surface area (Å²) in [5.74, 6) is 1.66. The first kappa shape index (κ1) is 35.6. The van der Waals surface area contributed by atoms with Crippen molar-refractivity contribution in [2.24, 2.45) is 0 Å². The highest BCUT2D eigenvalue weighted by molar-refractivity contribution is 7.09. The van der Waals surface area contributed by atoms with Gasteiger partial charge in [0.25, 0.3) is 5.91 Å². The molecule has 1 amide bonds. The van der Waals surface area contributed by atoms with E-state index in [1.165, 1.54) is 75.5 Å². The lowest BCUT2D eigenvalue weighted by molar-refractivity contribution is -0.683. The van der Waals surface area contributed by atoms with E-state index in [1.807, 2.05) is 24.3 Å². The number of hydrogen-bond acceptors (Lipinski definition) is 5. The molecule has 0 fully saturated rings. The maximum absolute atomic E-state index is 12.6. The van der Waals surface area contributed by atoms with Crippen LogP contribution < -0.4 is 41.1 Å². The molecule has 0 atom stereocenters. The van der Waals surface area contributed by atoms with Gasteiger partial charge in [-0.15, -0.1) is 0 Å². The van der Waals surface area contributed by atoms with Crippen molar-refractivity contribution < 1.29 is 40.6 Å². The number of anilines is 1. The van der Waals surface area contributed by atoms with Crippen molar-refractivity contribution in [1.82, 2.24) is 0 Å². The Labute approximate surface area is 267 Å². The molecule has 3 rings (SSSR count). The van der Waals surface area contributed by atoms with Gasteiger partial charge >= 0.3 is 0 Å². The Hall–Kier alpha value is -2.58. The van der Waals surface area contributed by atoms with Gasteiger partial charge in [-0.25, -0.2) is 0 Å². The number of hydrogen-bond donors (Lipinski definition) is 1. The normalized spacial score (nSPS) is 10.6. The highest BCUT2D eigenvalue weighted by Gasteiger charge is 2.11. The quantitative estimate of drug-likeness (QED) is 0.121. The maximum atomic E-state index is 12.6. The van der Waals surface area contributed by atoms with Gasteiger partial charge in [0.1, 0.15) is 5.75 Å². The van der Waals surface area contributed by atoms with Gasteiger partial charge in [-0.2, -0.15) is 4.57 Å². The molecule has 3 aromatic rings.